The fourth-order valence-electron chi connectivity index (χ4n) is 7.79. The quantitative estimate of drug-likeness (QED) is 0.169. The van der Waals surface area contributed by atoms with Crippen molar-refractivity contribution in [2.45, 2.75) is 85.4 Å². The molecular weight excluding hydrogens is 914 g/mol. The van der Waals surface area contributed by atoms with Gasteiger partial charge in [-0.1, -0.05) is 176 Å². The Labute approximate surface area is 374 Å². The molecule has 8 aromatic rings. The summed E-state index contributed by atoms with van der Waals surface area (Å²) in [5.41, 5.74) is 11.7. The Morgan fingerprint density at radius 3 is 1.87 bits per heavy atom. The first-order valence-corrected chi connectivity index (χ1v) is 20.4. The van der Waals surface area contributed by atoms with Gasteiger partial charge in [0, 0.05) is 42.6 Å². The van der Waals surface area contributed by atoms with Crippen molar-refractivity contribution in [1.29, 1.82) is 0 Å². The average molecular weight is 971 g/mol. The maximum absolute atomic E-state index is 12.4. The average Bonchev–Trinajstić information content (AvgIpc) is 3.62. The molecule has 0 bridgehead atoms. The van der Waals surface area contributed by atoms with Gasteiger partial charge in [0.25, 0.3) is 0 Å². The van der Waals surface area contributed by atoms with Crippen molar-refractivity contribution in [3.8, 4) is 67.5 Å². The van der Waals surface area contributed by atoms with Crippen LogP contribution >= 0.6 is 0 Å². The van der Waals surface area contributed by atoms with E-state index in [2.05, 4.69) is 117 Å². The predicted octanol–water partition coefficient (Wildman–Crippen LogP) is 14.5. The van der Waals surface area contributed by atoms with E-state index in [0.717, 1.165) is 61.3 Å². The van der Waals surface area contributed by atoms with Gasteiger partial charge in [-0.2, -0.15) is 0 Å². The second-order valence-electron chi connectivity index (χ2n) is 18.7. The van der Waals surface area contributed by atoms with Gasteiger partial charge in [-0.05, 0) is 80.7 Å². The first-order valence-electron chi connectivity index (χ1n) is 21.9. The number of hydrogen-bond acceptors (Lipinski definition) is 3. The van der Waals surface area contributed by atoms with Crippen molar-refractivity contribution in [3.05, 3.63) is 168 Å². The molecule has 8 rings (SSSR count). The molecule has 0 spiro atoms. The molecule has 2 aromatic heterocycles. The van der Waals surface area contributed by atoms with Crippen LogP contribution in [-0.4, -0.2) is 19.6 Å². The molecule has 0 saturated heterocycles. The SMILES string of the molecule is [2H]C([2H])([2H])c1cc(C(C)(C)C)ccc1-n1c(-c2cc(C(C)(C)C)cc(C(C)(C)C)c2O)nc2c(-c3[c-]c(-c4cc(-c5ccccc5)ccn4)cc(-c4ccccc4)c3)cccc21.[Pt]. The fraction of sp³-hybridized carbons (Fsp3) is 0.236. The fourth-order valence-corrected chi connectivity index (χ4v) is 7.79. The van der Waals surface area contributed by atoms with Crippen molar-refractivity contribution in [1.82, 2.24) is 14.5 Å². The van der Waals surface area contributed by atoms with Gasteiger partial charge in [-0.15, -0.1) is 23.8 Å². The summed E-state index contributed by atoms with van der Waals surface area (Å²) in [4.78, 5) is 10.3. The monoisotopic (exact) mass is 970 g/mol. The van der Waals surface area contributed by atoms with E-state index in [1.165, 1.54) is 0 Å². The van der Waals surface area contributed by atoms with Crippen molar-refractivity contribution in [2.24, 2.45) is 0 Å². The second-order valence-corrected chi connectivity index (χ2v) is 18.7. The van der Waals surface area contributed by atoms with E-state index < -0.39 is 12.3 Å². The first kappa shape index (κ1) is 38.6. The molecule has 6 aromatic carbocycles. The smallest absolute Gasteiger partial charge is 0.148 e. The molecular formula is C55H54N3OPt-. The number of aromatic hydroxyl groups is 1. The van der Waals surface area contributed by atoms with Crippen molar-refractivity contribution < 1.29 is 30.3 Å². The summed E-state index contributed by atoms with van der Waals surface area (Å²) in [6.45, 7) is 16.6. The van der Waals surface area contributed by atoms with Gasteiger partial charge in [-0.3, -0.25) is 9.55 Å². The third-order valence-electron chi connectivity index (χ3n) is 11.2. The number of aryl methyl sites for hydroxylation is 1. The van der Waals surface area contributed by atoms with Crippen LogP contribution in [0.4, 0.5) is 0 Å². The van der Waals surface area contributed by atoms with Gasteiger partial charge in [0.1, 0.15) is 11.6 Å². The molecule has 0 fully saturated rings. The zero-order valence-corrected chi connectivity index (χ0v) is 38.2. The molecule has 0 aliphatic heterocycles. The number of imidazole rings is 1. The second kappa shape index (κ2) is 16.1. The molecule has 0 amide bonds. The van der Waals surface area contributed by atoms with Crippen LogP contribution in [0.5, 0.6) is 5.75 Å². The molecule has 60 heavy (non-hydrogen) atoms. The van der Waals surface area contributed by atoms with Crippen molar-refractivity contribution in [2.75, 3.05) is 0 Å². The molecule has 2 heterocycles. The topological polar surface area (TPSA) is 50.9 Å². The largest absolute Gasteiger partial charge is 0.507 e. The first-order chi connectivity index (χ1) is 29.2. The minimum absolute atomic E-state index is 0. The number of nitrogens with zero attached hydrogens (tertiary/aromatic N) is 3. The zero-order chi connectivity index (χ0) is 44.4. The van der Waals surface area contributed by atoms with E-state index in [0.29, 0.717) is 28.1 Å². The number of phenolic OH excluding ortho intramolecular Hbond substituents is 1. The van der Waals surface area contributed by atoms with Gasteiger partial charge in [0.05, 0.1) is 22.3 Å². The zero-order valence-electron chi connectivity index (χ0n) is 38.9. The number of fused-ring (bicyclic) bond motifs is 1. The molecule has 1 N–H and O–H groups in total. The van der Waals surface area contributed by atoms with Gasteiger partial charge in [0.15, 0.2) is 0 Å². The van der Waals surface area contributed by atoms with E-state index in [1.54, 1.807) is 0 Å². The van der Waals surface area contributed by atoms with E-state index in [-0.39, 0.29) is 43.2 Å². The van der Waals surface area contributed by atoms with Crippen molar-refractivity contribution >= 4 is 11.0 Å². The number of aromatic nitrogens is 3. The summed E-state index contributed by atoms with van der Waals surface area (Å²) in [5, 5.41) is 12.4. The molecule has 0 radical (unpaired) electrons. The van der Waals surface area contributed by atoms with Crippen LogP contribution in [0.15, 0.2) is 140 Å². The van der Waals surface area contributed by atoms with Gasteiger partial charge < -0.3 is 5.11 Å². The van der Waals surface area contributed by atoms with E-state index in [4.69, 9.17) is 14.1 Å². The maximum Gasteiger partial charge on any atom is 0.148 e. The van der Waals surface area contributed by atoms with Gasteiger partial charge in [-0.25, -0.2) is 4.98 Å². The summed E-state index contributed by atoms with van der Waals surface area (Å²) in [6.07, 6.45) is 1.84. The summed E-state index contributed by atoms with van der Waals surface area (Å²) in [5.74, 6) is 0.571. The van der Waals surface area contributed by atoms with Gasteiger partial charge >= 0.3 is 0 Å². The number of rotatable bonds is 6. The predicted molar refractivity (Wildman–Crippen MR) is 247 cm³/mol. The Morgan fingerprint density at radius 2 is 1.23 bits per heavy atom. The number of hydrogen-bond donors (Lipinski definition) is 1. The van der Waals surface area contributed by atoms with E-state index in [9.17, 15) is 5.11 Å². The van der Waals surface area contributed by atoms with Crippen molar-refractivity contribution in [3.63, 3.8) is 0 Å². The Bertz CT molecular complexity index is 2950. The van der Waals surface area contributed by atoms with Gasteiger partial charge in [0.2, 0.25) is 0 Å². The van der Waals surface area contributed by atoms with Crippen LogP contribution in [0.25, 0.3) is 72.7 Å². The van der Waals surface area contributed by atoms with E-state index in [1.807, 2.05) is 95.7 Å². The Balaban J connectivity index is 0.00000595. The third kappa shape index (κ3) is 8.28. The van der Waals surface area contributed by atoms with Crippen LogP contribution < -0.4 is 0 Å². The summed E-state index contributed by atoms with van der Waals surface area (Å²) >= 11 is 0. The molecule has 0 aliphatic carbocycles. The van der Waals surface area contributed by atoms with Crippen LogP contribution in [0.1, 0.15) is 88.7 Å². The number of benzene rings is 6. The standard InChI is InChI=1S/C55H54N3O.Pt/c1-35-28-42(53(2,3)4)24-25-48(35)58-49-23-17-22-44(50(49)57-52(58)45-33-43(54(5,6)7)34-46(51(45)59)55(8,9)10)40-29-39(37-20-15-12-16-21-37)30-41(31-40)47-32-38(26-27-56-47)36-18-13-11-14-19-36;/h11-30,32-34,59H,1-10H3;/q-1;/i1D3;. The molecule has 4 nitrogen and oxygen atoms in total. The maximum atomic E-state index is 12.4. The molecule has 5 heteroatoms. The van der Waals surface area contributed by atoms with Crippen LogP contribution in [-0.2, 0) is 37.3 Å². The minimum atomic E-state index is -2.46. The Morgan fingerprint density at radius 1 is 0.583 bits per heavy atom. The van der Waals surface area contributed by atoms with Crippen LogP contribution in [0, 0.1) is 12.9 Å². The number of pyridine rings is 1. The number of phenols is 1. The Kier molecular flexibility index (Phi) is 10.4. The molecule has 306 valence electrons. The summed E-state index contributed by atoms with van der Waals surface area (Å²) < 4.78 is 28.6. The number of para-hydroxylation sites is 1. The minimum Gasteiger partial charge on any atom is -0.507 e. The molecule has 0 saturated carbocycles. The normalized spacial score (nSPS) is 13.1. The van der Waals surface area contributed by atoms with Crippen LogP contribution in [0.2, 0.25) is 0 Å². The Hall–Kier alpha value is -5.57. The molecule has 0 aliphatic rings. The summed E-state index contributed by atoms with van der Waals surface area (Å²) in [6, 6.07) is 48.5. The van der Waals surface area contributed by atoms with Crippen LogP contribution in [0.3, 0.4) is 0 Å². The summed E-state index contributed by atoms with van der Waals surface area (Å²) in [7, 11) is 0. The molecule has 0 unspecified atom stereocenters. The third-order valence-corrected chi connectivity index (χ3v) is 11.2. The van der Waals surface area contributed by atoms with E-state index >= 15 is 0 Å². The molecule has 0 atom stereocenters.